The molecule has 1 saturated carbocycles. The molecule has 0 heterocycles. The first-order chi connectivity index (χ1) is 9.49. The molecule has 1 aliphatic rings. The number of nitrogens with one attached hydrogen (secondary N) is 1. The third-order valence-corrected chi connectivity index (χ3v) is 3.85. The Hall–Kier alpha value is -1.49. The van der Waals surface area contributed by atoms with Gasteiger partial charge < -0.3 is 10.4 Å². The summed E-state index contributed by atoms with van der Waals surface area (Å²) in [6.45, 7) is 1.65. The van der Waals surface area contributed by atoms with E-state index in [1.54, 1.807) is 6.92 Å². The van der Waals surface area contributed by atoms with Crippen molar-refractivity contribution in [2.75, 3.05) is 0 Å². The summed E-state index contributed by atoms with van der Waals surface area (Å²) in [5.74, 6) is -2.02. The lowest BCUT2D eigenvalue weighted by molar-refractivity contribution is -0.126. The van der Waals surface area contributed by atoms with Gasteiger partial charge in [-0.1, -0.05) is 18.9 Å². The average Bonchev–Trinajstić information content (AvgIpc) is 2.95. The Morgan fingerprint density at radius 1 is 1.30 bits per heavy atom. The number of carbonyl (C=O) groups is 1. The van der Waals surface area contributed by atoms with Gasteiger partial charge in [-0.05, 0) is 37.5 Å². The van der Waals surface area contributed by atoms with Crippen LogP contribution in [0.2, 0.25) is 0 Å². The standard InChI is InChI=1S/C15H19F2NO2/c1-9(18-15(20)10-4-2-3-5-10)14(19)11-6-7-12(16)13(17)8-11/h6-10,14,19H,2-5H2,1H3,(H,18,20). The normalized spacial score (nSPS) is 18.8. The predicted molar refractivity (Wildman–Crippen MR) is 70.9 cm³/mol. The van der Waals surface area contributed by atoms with E-state index in [4.69, 9.17) is 0 Å². The number of hydrogen-bond donors (Lipinski definition) is 2. The van der Waals surface area contributed by atoms with Gasteiger partial charge in [-0.3, -0.25) is 4.79 Å². The molecule has 0 radical (unpaired) electrons. The molecule has 5 heteroatoms. The number of aliphatic hydroxyl groups is 1. The van der Waals surface area contributed by atoms with Crippen molar-refractivity contribution in [2.45, 2.75) is 44.8 Å². The summed E-state index contributed by atoms with van der Waals surface area (Å²) in [7, 11) is 0. The van der Waals surface area contributed by atoms with Gasteiger partial charge in [0.05, 0.1) is 12.1 Å². The van der Waals surface area contributed by atoms with Crippen molar-refractivity contribution < 1.29 is 18.7 Å². The maximum atomic E-state index is 13.1. The lowest BCUT2D eigenvalue weighted by Crippen LogP contribution is -2.40. The number of amides is 1. The Balaban J connectivity index is 1.98. The van der Waals surface area contributed by atoms with Gasteiger partial charge in [-0.25, -0.2) is 8.78 Å². The molecule has 0 bridgehead atoms. The summed E-state index contributed by atoms with van der Waals surface area (Å²) in [4.78, 5) is 12.0. The molecular weight excluding hydrogens is 264 g/mol. The summed E-state index contributed by atoms with van der Waals surface area (Å²) in [6, 6.07) is 2.70. The van der Waals surface area contributed by atoms with Crippen LogP contribution in [0.25, 0.3) is 0 Å². The molecule has 2 N–H and O–H groups in total. The van der Waals surface area contributed by atoms with Gasteiger partial charge in [0.15, 0.2) is 11.6 Å². The van der Waals surface area contributed by atoms with Gasteiger partial charge in [0.25, 0.3) is 0 Å². The Kier molecular flexibility index (Phi) is 4.70. The zero-order valence-corrected chi connectivity index (χ0v) is 11.4. The van der Waals surface area contributed by atoms with Crippen molar-refractivity contribution >= 4 is 5.91 Å². The lowest BCUT2D eigenvalue weighted by Gasteiger charge is -2.22. The first kappa shape index (κ1) is 14.9. The summed E-state index contributed by atoms with van der Waals surface area (Å²) >= 11 is 0. The molecule has 3 nitrogen and oxygen atoms in total. The first-order valence-electron chi connectivity index (χ1n) is 6.92. The van der Waals surface area contributed by atoms with Crippen molar-refractivity contribution in [2.24, 2.45) is 5.92 Å². The van der Waals surface area contributed by atoms with E-state index in [0.717, 1.165) is 37.8 Å². The van der Waals surface area contributed by atoms with Crippen molar-refractivity contribution in [3.8, 4) is 0 Å². The van der Waals surface area contributed by atoms with Gasteiger partial charge in [0, 0.05) is 5.92 Å². The van der Waals surface area contributed by atoms with Gasteiger partial charge in [0.2, 0.25) is 5.91 Å². The zero-order valence-electron chi connectivity index (χ0n) is 11.4. The number of rotatable bonds is 4. The second-order valence-electron chi connectivity index (χ2n) is 5.40. The van der Waals surface area contributed by atoms with E-state index < -0.39 is 23.8 Å². The molecule has 20 heavy (non-hydrogen) atoms. The number of aliphatic hydroxyl groups excluding tert-OH is 1. The van der Waals surface area contributed by atoms with Crippen LogP contribution in [0.4, 0.5) is 8.78 Å². The molecule has 2 atom stereocenters. The van der Waals surface area contributed by atoms with E-state index in [-0.39, 0.29) is 17.4 Å². The van der Waals surface area contributed by atoms with Gasteiger partial charge in [0.1, 0.15) is 0 Å². The van der Waals surface area contributed by atoms with Crippen LogP contribution in [-0.2, 0) is 4.79 Å². The fraction of sp³-hybridized carbons (Fsp3) is 0.533. The second-order valence-corrected chi connectivity index (χ2v) is 5.40. The molecule has 1 fully saturated rings. The van der Waals surface area contributed by atoms with Crippen LogP contribution >= 0.6 is 0 Å². The number of benzene rings is 1. The predicted octanol–water partition coefficient (Wildman–Crippen LogP) is 2.69. The van der Waals surface area contributed by atoms with Crippen LogP contribution in [-0.4, -0.2) is 17.1 Å². The quantitative estimate of drug-likeness (QED) is 0.892. The molecule has 0 aliphatic heterocycles. The van der Waals surface area contributed by atoms with Crippen LogP contribution in [0.5, 0.6) is 0 Å². The van der Waals surface area contributed by atoms with E-state index >= 15 is 0 Å². The fourth-order valence-electron chi connectivity index (χ4n) is 2.59. The molecule has 1 amide bonds. The van der Waals surface area contributed by atoms with Crippen molar-refractivity contribution in [3.63, 3.8) is 0 Å². The molecule has 1 aromatic rings. The number of carbonyl (C=O) groups excluding carboxylic acids is 1. The Bertz CT molecular complexity index is 487. The molecule has 0 saturated heterocycles. The zero-order chi connectivity index (χ0) is 14.7. The van der Waals surface area contributed by atoms with Gasteiger partial charge in [-0.15, -0.1) is 0 Å². The highest BCUT2D eigenvalue weighted by atomic mass is 19.2. The molecule has 110 valence electrons. The third-order valence-electron chi connectivity index (χ3n) is 3.85. The first-order valence-corrected chi connectivity index (χ1v) is 6.92. The largest absolute Gasteiger partial charge is 0.386 e. The highest BCUT2D eigenvalue weighted by Gasteiger charge is 2.26. The maximum Gasteiger partial charge on any atom is 0.223 e. The summed E-state index contributed by atoms with van der Waals surface area (Å²) < 4.78 is 26.0. The van der Waals surface area contributed by atoms with Crippen molar-refractivity contribution in [1.29, 1.82) is 0 Å². The van der Waals surface area contributed by atoms with Crippen LogP contribution in [0.3, 0.4) is 0 Å². The molecular formula is C15H19F2NO2. The highest BCUT2D eigenvalue weighted by molar-refractivity contribution is 5.79. The minimum Gasteiger partial charge on any atom is -0.386 e. The van der Waals surface area contributed by atoms with E-state index in [2.05, 4.69) is 5.32 Å². The van der Waals surface area contributed by atoms with E-state index in [1.165, 1.54) is 6.07 Å². The lowest BCUT2D eigenvalue weighted by atomic mass is 10.0. The average molecular weight is 283 g/mol. The van der Waals surface area contributed by atoms with Crippen LogP contribution in [0, 0.1) is 17.6 Å². The molecule has 2 unspecified atom stereocenters. The third kappa shape index (κ3) is 3.33. The Morgan fingerprint density at radius 2 is 1.95 bits per heavy atom. The Labute approximate surface area is 117 Å². The molecule has 1 aliphatic carbocycles. The van der Waals surface area contributed by atoms with Crippen LogP contribution in [0.15, 0.2) is 18.2 Å². The summed E-state index contributed by atoms with van der Waals surface area (Å²) in [5.41, 5.74) is 0.253. The topological polar surface area (TPSA) is 49.3 Å². The second kappa shape index (κ2) is 6.31. The SMILES string of the molecule is CC(NC(=O)C1CCCC1)C(O)c1ccc(F)c(F)c1. The van der Waals surface area contributed by atoms with Gasteiger partial charge >= 0.3 is 0 Å². The van der Waals surface area contributed by atoms with E-state index in [9.17, 15) is 18.7 Å². The maximum absolute atomic E-state index is 13.1. The Morgan fingerprint density at radius 3 is 2.55 bits per heavy atom. The summed E-state index contributed by atoms with van der Waals surface area (Å²) in [5, 5.41) is 12.8. The monoisotopic (exact) mass is 283 g/mol. The van der Waals surface area contributed by atoms with Crippen LogP contribution < -0.4 is 5.32 Å². The highest BCUT2D eigenvalue weighted by Crippen LogP contribution is 2.26. The van der Waals surface area contributed by atoms with E-state index in [1.807, 2.05) is 0 Å². The van der Waals surface area contributed by atoms with Gasteiger partial charge in [-0.2, -0.15) is 0 Å². The summed E-state index contributed by atoms with van der Waals surface area (Å²) in [6.07, 6.45) is 2.80. The van der Waals surface area contributed by atoms with E-state index in [0.29, 0.717) is 0 Å². The number of halogens is 2. The van der Waals surface area contributed by atoms with Crippen molar-refractivity contribution in [1.82, 2.24) is 5.32 Å². The number of hydrogen-bond acceptors (Lipinski definition) is 2. The minimum absolute atomic E-state index is 0.00889. The smallest absolute Gasteiger partial charge is 0.223 e. The van der Waals surface area contributed by atoms with Crippen molar-refractivity contribution in [3.05, 3.63) is 35.4 Å². The van der Waals surface area contributed by atoms with Crippen LogP contribution in [0.1, 0.15) is 44.3 Å². The molecule has 1 aromatic carbocycles. The fourth-order valence-corrected chi connectivity index (χ4v) is 2.59. The molecule has 2 rings (SSSR count). The molecule has 0 aromatic heterocycles. The molecule has 0 spiro atoms. The minimum atomic E-state index is -1.06.